The van der Waals surface area contributed by atoms with Crippen LogP contribution in [0.25, 0.3) is 0 Å². The van der Waals surface area contributed by atoms with E-state index in [9.17, 15) is 0 Å². The second-order valence-corrected chi connectivity index (χ2v) is 7.36. The van der Waals surface area contributed by atoms with Gasteiger partial charge in [0.15, 0.2) is 0 Å². The highest BCUT2D eigenvalue weighted by atomic mass is 15.3. The molecule has 2 bridgehead atoms. The maximum absolute atomic E-state index is 4.46. The molecule has 2 fully saturated rings. The number of aryl methyl sites for hydroxylation is 1. The van der Waals surface area contributed by atoms with E-state index in [1.165, 1.54) is 44.2 Å². The van der Waals surface area contributed by atoms with Crippen molar-refractivity contribution in [3.8, 4) is 0 Å². The summed E-state index contributed by atoms with van der Waals surface area (Å²) >= 11 is 0. The zero-order valence-electron chi connectivity index (χ0n) is 13.2. The number of rotatable bonds is 6. The fourth-order valence-corrected chi connectivity index (χ4v) is 4.54. The lowest BCUT2D eigenvalue weighted by Gasteiger charge is -2.38. The topological polar surface area (TPSA) is 29.9 Å². The third kappa shape index (κ3) is 2.65. The molecule has 2 aliphatic carbocycles. The third-order valence-electron chi connectivity index (χ3n) is 5.53. The summed E-state index contributed by atoms with van der Waals surface area (Å²) in [6.45, 7) is 8.84. The van der Waals surface area contributed by atoms with Crippen molar-refractivity contribution in [3.05, 3.63) is 18.0 Å². The molecular formula is C17H29N3. The predicted octanol–water partition coefficient (Wildman–Crippen LogP) is 3.25. The summed E-state index contributed by atoms with van der Waals surface area (Å²) in [6, 6.07) is 0.587. The van der Waals surface area contributed by atoms with Crippen LogP contribution in [0.1, 0.15) is 52.0 Å². The smallest absolute Gasteiger partial charge is 0.0521 e. The fourth-order valence-electron chi connectivity index (χ4n) is 4.54. The van der Waals surface area contributed by atoms with Crippen molar-refractivity contribution in [3.63, 3.8) is 0 Å². The van der Waals surface area contributed by atoms with Crippen LogP contribution >= 0.6 is 0 Å². The molecular weight excluding hydrogens is 246 g/mol. The van der Waals surface area contributed by atoms with Crippen LogP contribution in [-0.2, 0) is 13.0 Å². The molecule has 2 saturated carbocycles. The maximum atomic E-state index is 4.46. The Morgan fingerprint density at radius 1 is 1.45 bits per heavy atom. The largest absolute Gasteiger partial charge is 0.314 e. The number of aromatic nitrogens is 2. The first kappa shape index (κ1) is 14.1. The van der Waals surface area contributed by atoms with E-state index in [2.05, 4.69) is 48.3 Å². The molecule has 0 saturated heterocycles. The van der Waals surface area contributed by atoms with E-state index >= 15 is 0 Å². The third-order valence-corrected chi connectivity index (χ3v) is 5.53. The Bertz CT molecular complexity index is 451. The average molecular weight is 275 g/mol. The van der Waals surface area contributed by atoms with Gasteiger partial charge in [0.2, 0.25) is 0 Å². The van der Waals surface area contributed by atoms with E-state index in [-0.39, 0.29) is 0 Å². The Kier molecular flexibility index (Phi) is 3.89. The van der Waals surface area contributed by atoms with Crippen LogP contribution in [0.3, 0.4) is 0 Å². The van der Waals surface area contributed by atoms with Gasteiger partial charge in [0, 0.05) is 25.3 Å². The Morgan fingerprint density at radius 2 is 2.30 bits per heavy atom. The molecule has 3 atom stereocenters. The second kappa shape index (κ2) is 5.51. The van der Waals surface area contributed by atoms with Crippen molar-refractivity contribution < 1.29 is 0 Å². The molecule has 0 radical (unpaired) electrons. The lowest BCUT2D eigenvalue weighted by atomic mass is 9.69. The van der Waals surface area contributed by atoms with Crippen molar-refractivity contribution in [2.75, 3.05) is 6.54 Å². The number of hydrogen-bond donors (Lipinski definition) is 1. The number of nitrogens with zero attached hydrogens (tertiary/aromatic N) is 2. The molecule has 1 heterocycles. The lowest BCUT2D eigenvalue weighted by molar-refractivity contribution is 0.152. The summed E-state index contributed by atoms with van der Waals surface area (Å²) in [5.74, 6) is 1.93. The standard InChI is InChI=1S/C17H29N3/c1-4-20-11-15(10-19-20)9-17(12-18-13(2)3)8-14-5-6-16(17)7-14/h10-11,13-14,16,18H,4-9,12H2,1-3H3. The van der Waals surface area contributed by atoms with Gasteiger partial charge < -0.3 is 5.32 Å². The molecule has 0 aromatic carbocycles. The van der Waals surface area contributed by atoms with Crippen molar-refractivity contribution >= 4 is 0 Å². The minimum atomic E-state index is 0.495. The second-order valence-electron chi connectivity index (χ2n) is 7.36. The normalized spacial score (nSPS) is 32.4. The summed E-state index contributed by atoms with van der Waals surface area (Å²) in [4.78, 5) is 0. The van der Waals surface area contributed by atoms with E-state index < -0.39 is 0 Å². The monoisotopic (exact) mass is 275 g/mol. The van der Waals surface area contributed by atoms with E-state index in [0.717, 1.165) is 18.4 Å². The van der Waals surface area contributed by atoms with Crippen LogP contribution in [0.2, 0.25) is 0 Å². The molecule has 1 N–H and O–H groups in total. The Hall–Kier alpha value is -0.830. The van der Waals surface area contributed by atoms with Crippen molar-refractivity contribution in [2.24, 2.45) is 17.3 Å². The lowest BCUT2D eigenvalue weighted by Crippen LogP contribution is -2.42. The predicted molar refractivity (Wildman–Crippen MR) is 82.6 cm³/mol. The highest BCUT2D eigenvalue weighted by molar-refractivity contribution is 5.13. The molecule has 112 valence electrons. The minimum Gasteiger partial charge on any atom is -0.314 e. The zero-order chi connectivity index (χ0) is 14.2. The molecule has 20 heavy (non-hydrogen) atoms. The van der Waals surface area contributed by atoms with Gasteiger partial charge in [-0.3, -0.25) is 4.68 Å². The first-order valence-electron chi connectivity index (χ1n) is 8.36. The number of fused-ring (bicyclic) bond motifs is 2. The highest BCUT2D eigenvalue weighted by Crippen LogP contribution is 2.57. The quantitative estimate of drug-likeness (QED) is 0.863. The first-order chi connectivity index (χ1) is 9.61. The maximum Gasteiger partial charge on any atom is 0.0521 e. The number of hydrogen-bond acceptors (Lipinski definition) is 2. The van der Waals surface area contributed by atoms with Gasteiger partial charge in [-0.15, -0.1) is 0 Å². The van der Waals surface area contributed by atoms with E-state index in [1.54, 1.807) is 0 Å². The summed E-state index contributed by atoms with van der Waals surface area (Å²) in [6.07, 6.45) is 11.4. The molecule has 3 nitrogen and oxygen atoms in total. The molecule has 0 spiro atoms. The summed E-state index contributed by atoms with van der Waals surface area (Å²) in [5, 5.41) is 8.19. The Labute approximate surface area is 123 Å². The van der Waals surface area contributed by atoms with Gasteiger partial charge >= 0.3 is 0 Å². The molecule has 3 heteroatoms. The van der Waals surface area contributed by atoms with Gasteiger partial charge in [0.05, 0.1) is 6.20 Å². The minimum absolute atomic E-state index is 0.495. The van der Waals surface area contributed by atoms with Crippen LogP contribution in [0.4, 0.5) is 0 Å². The first-order valence-corrected chi connectivity index (χ1v) is 8.36. The van der Waals surface area contributed by atoms with Gasteiger partial charge in [-0.1, -0.05) is 20.3 Å². The highest BCUT2D eigenvalue weighted by Gasteiger charge is 2.50. The molecule has 0 amide bonds. The van der Waals surface area contributed by atoms with E-state index in [0.29, 0.717) is 11.5 Å². The van der Waals surface area contributed by atoms with Crippen LogP contribution in [0.15, 0.2) is 12.4 Å². The molecule has 2 aliphatic rings. The molecule has 3 rings (SSSR count). The summed E-state index contributed by atoms with van der Waals surface area (Å²) < 4.78 is 2.06. The molecule has 1 aromatic rings. The van der Waals surface area contributed by atoms with Gasteiger partial charge in [-0.25, -0.2) is 0 Å². The average Bonchev–Trinajstić information content (AvgIpc) is 3.12. The van der Waals surface area contributed by atoms with E-state index in [4.69, 9.17) is 0 Å². The van der Waals surface area contributed by atoms with E-state index in [1.807, 2.05) is 0 Å². The van der Waals surface area contributed by atoms with Crippen molar-refractivity contribution in [1.82, 2.24) is 15.1 Å². The molecule has 1 aromatic heterocycles. The van der Waals surface area contributed by atoms with Gasteiger partial charge in [-0.05, 0) is 55.4 Å². The summed E-state index contributed by atoms with van der Waals surface area (Å²) in [7, 11) is 0. The van der Waals surface area contributed by atoms with Gasteiger partial charge in [0.1, 0.15) is 0 Å². The molecule has 3 unspecified atom stereocenters. The van der Waals surface area contributed by atoms with Crippen LogP contribution < -0.4 is 5.32 Å². The number of nitrogens with one attached hydrogen (secondary N) is 1. The summed E-state index contributed by atoms with van der Waals surface area (Å²) in [5.41, 5.74) is 1.93. The molecule has 0 aliphatic heterocycles. The fraction of sp³-hybridized carbons (Fsp3) is 0.824. The van der Waals surface area contributed by atoms with Crippen LogP contribution in [-0.4, -0.2) is 22.4 Å². The Balaban J connectivity index is 1.75. The zero-order valence-corrected chi connectivity index (χ0v) is 13.2. The van der Waals surface area contributed by atoms with Gasteiger partial charge in [-0.2, -0.15) is 5.10 Å². The van der Waals surface area contributed by atoms with Crippen molar-refractivity contribution in [1.29, 1.82) is 0 Å². The van der Waals surface area contributed by atoms with Crippen LogP contribution in [0, 0.1) is 17.3 Å². The van der Waals surface area contributed by atoms with Gasteiger partial charge in [0.25, 0.3) is 0 Å². The Morgan fingerprint density at radius 3 is 2.85 bits per heavy atom. The SMILES string of the molecule is CCn1cc(CC2(CNC(C)C)CC3CCC2C3)cn1. The van der Waals surface area contributed by atoms with Crippen molar-refractivity contribution in [2.45, 2.75) is 65.5 Å². The van der Waals surface area contributed by atoms with Crippen LogP contribution in [0.5, 0.6) is 0 Å².